The number of likely N-dealkylation sites (tertiary alicyclic amines) is 1. The number of aliphatic hydroxyl groups is 2. The summed E-state index contributed by atoms with van der Waals surface area (Å²) < 4.78 is 21.1. The molecule has 1 saturated heterocycles. The number of imidazole rings is 2. The molecule has 4 heterocycles. The van der Waals surface area contributed by atoms with Gasteiger partial charge in [0.1, 0.15) is 64.9 Å². The Balaban J connectivity index is 0.988. The molecule has 35 nitrogen and oxygen atoms in total. The van der Waals surface area contributed by atoms with Gasteiger partial charge >= 0.3 is 11.9 Å². The Hall–Kier alpha value is -12.8. The number of nitrogens with two attached hydrogens (primary N) is 2. The number of carboxylic acid groups (broad SMARTS) is 2. The SMILES string of the molecule is CCc1cc(OC)ccc1-c1ccc(C[C@H](NC(=O)[C@H](CC(=O)O)NC(=O)[C@H](Cc2c[nH]cn2)NC(=O)[C@@H](NC(=O)C(C)(Cc2ccccc2F)NC(=O)[C@@H](NC(=O)CNC(=O)[C@H](CCC(=O)O)NC(=O)C2(C)CCCN2C(=O)[C@@H](N)Cc2c[nH]cn2)[C@@H](C)O)[C@@H](C)O)C(=O)N[C@@H](Cc2ccc(-c3ccccc3C)nc2)C(N)=O)cc1. The number of H-pyrrole nitrogens is 2. The van der Waals surface area contributed by atoms with E-state index in [1.165, 1.54) is 55.1 Å². The molecular weight excluding hydrogens is 1510 g/mol. The van der Waals surface area contributed by atoms with Gasteiger partial charge in [-0.1, -0.05) is 85.8 Å². The lowest BCUT2D eigenvalue weighted by Crippen LogP contribution is -2.67. The van der Waals surface area contributed by atoms with Crippen molar-refractivity contribution < 1.29 is 91.9 Å². The number of halogens is 1. The zero-order valence-corrected chi connectivity index (χ0v) is 65.0. The number of carbonyl (C=O) groups is 13. The molecule has 12 atom stereocenters. The molecule has 0 radical (unpaired) electrons. The molecule has 116 heavy (non-hydrogen) atoms. The number of ether oxygens (including phenoxy) is 1. The lowest BCUT2D eigenvalue weighted by Gasteiger charge is -2.36. The van der Waals surface area contributed by atoms with Crippen molar-refractivity contribution in [1.29, 1.82) is 0 Å². The molecule has 0 spiro atoms. The first-order chi connectivity index (χ1) is 55.1. The van der Waals surface area contributed by atoms with Crippen LogP contribution >= 0.6 is 0 Å². The van der Waals surface area contributed by atoms with Crippen LogP contribution < -0.4 is 64.1 Å². The van der Waals surface area contributed by atoms with Crippen LogP contribution in [0, 0.1) is 12.7 Å². The van der Waals surface area contributed by atoms with Gasteiger partial charge in [-0.25, -0.2) is 14.4 Å². The quantitative estimate of drug-likeness (QED) is 0.0241. The zero-order valence-electron chi connectivity index (χ0n) is 65.0. The largest absolute Gasteiger partial charge is 0.497 e. The maximum Gasteiger partial charge on any atom is 0.305 e. The van der Waals surface area contributed by atoms with Crippen LogP contribution in [0.5, 0.6) is 5.75 Å². The molecule has 36 heteroatoms. The van der Waals surface area contributed by atoms with E-state index < -0.39 is 193 Å². The number of primary amides is 1. The van der Waals surface area contributed by atoms with Crippen LogP contribution in [0.25, 0.3) is 22.4 Å². The number of aromatic nitrogens is 5. The average Bonchev–Trinajstić information content (AvgIpc) is 1.61. The van der Waals surface area contributed by atoms with Gasteiger partial charge in [-0.2, -0.15) is 0 Å². The smallest absolute Gasteiger partial charge is 0.305 e. The third-order valence-corrected chi connectivity index (χ3v) is 19.9. The minimum Gasteiger partial charge on any atom is -0.497 e. The third-order valence-electron chi connectivity index (χ3n) is 19.9. The molecule has 7 aromatic rings. The summed E-state index contributed by atoms with van der Waals surface area (Å²) in [6, 6.07) is 14.8. The predicted molar refractivity (Wildman–Crippen MR) is 416 cm³/mol. The second-order valence-corrected chi connectivity index (χ2v) is 28.8. The maximum absolute atomic E-state index is 15.7. The molecule has 3 aromatic heterocycles. The number of carbonyl (C=O) groups excluding carboxylic acids is 11. The van der Waals surface area contributed by atoms with Crippen LogP contribution in [0.15, 0.2) is 134 Å². The molecule has 8 rings (SSSR count). The van der Waals surface area contributed by atoms with Crippen molar-refractivity contribution in [3.63, 3.8) is 0 Å². The molecular formula is C80H98FN17O18. The molecule has 4 aromatic carbocycles. The first-order valence-electron chi connectivity index (χ1n) is 37.4. The van der Waals surface area contributed by atoms with E-state index in [1.807, 2.05) is 50.2 Å². The molecule has 1 aliphatic rings. The molecule has 2 unspecified atom stereocenters. The Morgan fingerprint density at radius 2 is 1.24 bits per heavy atom. The maximum atomic E-state index is 15.7. The van der Waals surface area contributed by atoms with Crippen molar-refractivity contribution in [3.8, 4) is 28.1 Å². The summed E-state index contributed by atoms with van der Waals surface area (Å²) in [5.74, 6) is -15.3. The molecule has 11 amide bonds. The highest BCUT2D eigenvalue weighted by molar-refractivity contribution is 6.01. The normalized spacial score (nSPS) is 16.2. The Morgan fingerprint density at radius 1 is 0.647 bits per heavy atom. The summed E-state index contributed by atoms with van der Waals surface area (Å²) in [5.41, 5.74) is 14.6. The molecule has 1 aliphatic heterocycles. The number of benzene rings is 4. The van der Waals surface area contributed by atoms with E-state index in [2.05, 4.69) is 72.8 Å². The lowest BCUT2D eigenvalue weighted by molar-refractivity contribution is -0.146. The van der Waals surface area contributed by atoms with E-state index in [-0.39, 0.29) is 43.5 Å². The number of nitrogens with zero attached hydrogens (tertiary/aromatic N) is 4. The van der Waals surface area contributed by atoms with Crippen LogP contribution in [0.3, 0.4) is 0 Å². The van der Waals surface area contributed by atoms with Crippen molar-refractivity contribution >= 4 is 76.9 Å². The molecule has 0 aliphatic carbocycles. The van der Waals surface area contributed by atoms with E-state index in [4.69, 9.17) is 16.2 Å². The average molecular weight is 1600 g/mol. The highest BCUT2D eigenvalue weighted by Gasteiger charge is 2.48. The van der Waals surface area contributed by atoms with Crippen molar-refractivity contribution in [3.05, 3.63) is 179 Å². The van der Waals surface area contributed by atoms with Crippen LogP contribution in [0.1, 0.15) is 106 Å². The number of methoxy groups -OCH3 is 1. The minimum atomic E-state index is -2.42. The number of aliphatic carboxylic acids is 2. The number of hydrogen-bond donors (Lipinski definition) is 17. The Morgan fingerprint density at radius 3 is 1.84 bits per heavy atom. The number of aromatic amines is 2. The van der Waals surface area contributed by atoms with Gasteiger partial charge in [-0.3, -0.25) is 67.3 Å². The summed E-state index contributed by atoms with van der Waals surface area (Å²) in [5, 5.41) is 63.9. The fourth-order valence-electron chi connectivity index (χ4n) is 13.3. The summed E-state index contributed by atoms with van der Waals surface area (Å²) in [6.45, 7) is 7.69. The zero-order chi connectivity index (χ0) is 84.7. The Bertz CT molecular complexity index is 4670. The van der Waals surface area contributed by atoms with E-state index >= 15 is 4.39 Å². The summed E-state index contributed by atoms with van der Waals surface area (Å²) >= 11 is 0. The summed E-state index contributed by atoms with van der Waals surface area (Å²) in [4.78, 5) is 201. The number of rotatable bonds is 41. The lowest BCUT2D eigenvalue weighted by atomic mass is 9.90. The number of aliphatic hydroxyl groups excluding tert-OH is 2. The van der Waals surface area contributed by atoms with Gasteiger partial charge in [0.25, 0.3) is 0 Å². The number of amides is 11. The predicted octanol–water partition coefficient (Wildman–Crippen LogP) is 0.0731. The van der Waals surface area contributed by atoms with Crippen molar-refractivity contribution in [2.24, 2.45) is 11.5 Å². The van der Waals surface area contributed by atoms with E-state index in [1.54, 1.807) is 55.8 Å². The van der Waals surface area contributed by atoms with E-state index in [0.717, 1.165) is 54.7 Å². The van der Waals surface area contributed by atoms with Gasteiger partial charge in [0.15, 0.2) is 0 Å². The second-order valence-electron chi connectivity index (χ2n) is 28.8. The van der Waals surface area contributed by atoms with Crippen molar-refractivity contribution in [2.75, 3.05) is 20.2 Å². The van der Waals surface area contributed by atoms with Crippen LogP contribution in [0.4, 0.5) is 4.39 Å². The van der Waals surface area contributed by atoms with E-state index in [0.29, 0.717) is 41.1 Å². The van der Waals surface area contributed by atoms with Gasteiger partial charge in [-0.05, 0) is 124 Å². The topological polar surface area (TPSA) is 546 Å². The number of hydrogen-bond acceptors (Lipinski definition) is 20. The highest BCUT2D eigenvalue weighted by Crippen LogP contribution is 2.32. The third kappa shape index (κ3) is 24.1. The second kappa shape index (κ2) is 40.8. The molecule has 19 N–H and O–H groups in total. The first-order valence-corrected chi connectivity index (χ1v) is 37.4. The standard InChI is InChI=1S/C80H98FN17O18/c1-8-48-32-53(116-7)23-24-55(48)49-21-18-46(19-22-49)30-61(71(108)90-60(69(83)106)31-47-20-25-58(86-37-47)54-16-11-9-14-43(54)2)91-73(110)63(35-66(104)105)92-72(109)62(34-52-39-85-42-89-52)93-74(111)67(44(3)99)96-77(114)79(5,36-50-15-10-12-17-56(50)81)97-75(112)68(45(4)100)95-64(101)40-87-70(107)59(26-27-65(102)103)94-78(115)80(6)28-13-29-98(80)76(113)57(82)33-51-38-84-41-88-51/h9-12,14-25,32,37-39,41-42,44-45,57,59-63,67-68,99-100H,8,13,26-31,33-36,40,82H2,1-7H3,(H2,83,106)(H,84,88)(H,85,89)(H,87,107)(H,90,108)(H,91,110)(H,92,109)(H,93,111)(H,94,115)(H,95,101)(H,96,114)(H,97,112)(H,102,103)(H,104,105)/t44-,45-,57+,59+,60+,61+,62+,63+,67+,68+,79?,80?/m1/s1. The summed E-state index contributed by atoms with van der Waals surface area (Å²) in [7, 11) is 1.55. The summed E-state index contributed by atoms with van der Waals surface area (Å²) in [6.07, 6.45) is 0.496. The number of pyridine rings is 1. The van der Waals surface area contributed by atoms with Crippen molar-refractivity contribution in [1.82, 2.24) is 77.7 Å². The van der Waals surface area contributed by atoms with Gasteiger partial charge in [0.05, 0.1) is 68.1 Å². The monoisotopic (exact) mass is 1600 g/mol. The van der Waals surface area contributed by atoms with Crippen LogP contribution in [-0.4, -0.2) is 219 Å². The fourth-order valence-corrected chi connectivity index (χ4v) is 13.3. The van der Waals surface area contributed by atoms with Gasteiger partial charge < -0.3 is 99.3 Å². The Kier molecular flexibility index (Phi) is 31.2. The van der Waals surface area contributed by atoms with Gasteiger partial charge in [0, 0.05) is 69.2 Å². The number of nitrogens with one attached hydrogen (secondary N) is 11. The molecule has 0 saturated carbocycles. The highest BCUT2D eigenvalue weighted by atomic mass is 19.1. The molecule has 618 valence electrons. The van der Waals surface area contributed by atoms with Crippen molar-refractivity contribution in [2.45, 2.75) is 184 Å². The first kappa shape index (κ1) is 88.7. The minimum absolute atomic E-state index is 0.0301. The van der Waals surface area contributed by atoms with Gasteiger partial charge in [0.2, 0.25) is 65.0 Å². The van der Waals surface area contributed by atoms with Crippen LogP contribution in [-0.2, 0) is 101 Å². The van der Waals surface area contributed by atoms with Crippen LogP contribution in [0.2, 0.25) is 0 Å². The molecule has 1 fully saturated rings. The molecule has 0 bridgehead atoms. The van der Waals surface area contributed by atoms with E-state index in [9.17, 15) is 82.8 Å². The number of aryl methyl sites for hydroxylation is 2. The van der Waals surface area contributed by atoms with Gasteiger partial charge in [-0.15, -0.1) is 0 Å². The Labute approximate surface area is 666 Å². The fraction of sp³-hybridized carbons (Fsp3) is 0.400. The number of carboxylic acids is 2.